The zero-order valence-electron chi connectivity index (χ0n) is 9.36. The van der Waals surface area contributed by atoms with Crippen LogP contribution < -0.4 is 10.5 Å². The summed E-state index contributed by atoms with van der Waals surface area (Å²) in [5, 5.41) is 9.86. The van der Waals surface area contributed by atoms with Gasteiger partial charge in [-0.05, 0) is 31.5 Å². The molecule has 3 nitrogen and oxygen atoms in total. The molecule has 1 aromatic rings. The topological polar surface area (TPSA) is 55.5 Å². The Labute approximate surface area is 90.9 Å². The Morgan fingerprint density at radius 2 is 2.13 bits per heavy atom. The summed E-state index contributed by atoms with van der Waals surface area (Å²) in [5.74, 6) is 0.761. The molecule has 0 aromatic heterocycles. The molecule has 0 spiro atoms. The number of anilines is 1. The predicted octanol–water partition coefficient (Wildman–Crippen LogP) is 2.50. The van der Waals surface area contributed by atoms with Crippen molar-refractivity contribution in [2.75, 3.05) is 12.3 Å². The maximum absolute atomic E-state index is 9.86. The summed E-state index contributed by atoms with van der Waals surface area (Å²) in [6, 6.07) is 5.42. The van der Waals surface area contributed by atoms with Crippen molar-refractivity contribution in [2.24, 2.45) is 0 Å². The number of aliphatic hydroxyl groups excluding tert-OH is 1. The average Bonchev–Trinajstić information content (AvgIpc) is 2.21. The fourth-order valence-corrected chi connectivity index (χ4v) is 1.53. The third kappa shape index (κ3) is 3.13. The van der Waals surface area contributed by atoms with Crippen molar-refractivity contribution in [1.29, 1.82) is 0 Å². The highest BCUT2D eigenvalue weighted by Crippen LogP contribution is 2.28. The third-order valence-corrected chi connectivity index (χ3v) is 2.29. The van der Waals surface area contributed by atoms with E-state index in [1.54, 1.807) is 6.07 Å². The van der Waals surface area contributed by atoms with Gasteiger partial charge in [-0.25, -0.2) is 0 Å². The van der Waals surface area contributed by atoms with Crippen LogP contribution in [-0.2, 0) is 0 Å². The second-order valence-electron chi connectivity index (χ2n) is 3.53. The van der Waals surface area contributed by atoms with Crippen LogP contribution in [0.5, 0.6) is 5.75 Å². The van der Waals surface area contributed by atoms with Gasteiger partial charge in [0.2, 0.25) is 0 Å². The van der Waals surface area contributed by atoms with Crippen LogP contribution in [0, 0.1) is 0 Å². The Morgan fingerprint density at radius 1 is 1.40 bits per heavy atom. The number of aliphatic hydroxyl groups is 1. The van der Waals surface area contributed by atoms with E-state index in [0.717, 1.165) is 24.2 Å². The minimum absolute atomic E-state index is 0.490. The molecule has 0 amide bonds. The van der Waals surface area contributed by atoms with Crippen LogP contribution in [0.2, 0.25) is 0 Å². The summed E-state index contributed by atoms with van der Waals surface area (Å²) in [6.45, 7) is 4.58. The van der Waals surface area contributed by atoms with Gasteiger partial charge in [-0.3, -0.25) is 0 Å². The van der Waals surface area contributed by atoms with E-state index < -0.39 is 6.10 Å². The average molecular weight is 209 g/mol. The lowest BCUT2D eigenvalue weighted by molar-refractivity contribution is 0.166. The van der Waals surface area contributed by atoms with E-state index in [4.69, 9.17) is 10.5 Å². The minimum Gasteiger partial charge on any atom is -0.494 e. The number of nitrogen functional groups attached to an aromatic ring is 1. The van der Waals surface area contributed by atoms with Crippen molar-refractivity contribution in [3.05, 3.63) is 23.8 Å². The van der Waals surface area contributed by atoms with E-state index in [9.17, 15) is 5.11 Å². The number of hydrogen-bond acceptors (Lipinski definition) is 3. The number of hydrogen-bond donors (Lipinski definition) is 2. The fourth-order valence-electron chi connectivity index (χ4n) is 1.53. The van der Waals surface area contributed by atoms with E-state index in [1.165, 1.54) is 0 Å². The first-order valence-corrected chi connectivity index (χ1v) is 5.39. The summed E-state index contributed by atoms with van der Waals surface area (Å²) >= 11 is 0. The van der Waals surface area contributed by atoms with Crippen molar-refractivity contribution in [3.63, 3.8) is 0 Å². The monoisotopic (exact) mass is 209 g/mol. The zero-order chi connectivity index (χ0) is 11.3. The van der Waals surface area contributed by atoms with Crippen LogP contribution in [0.15, 0.2) is 18.2 Å². The molecule has 0 fully saturated rings. The maximum Gasteiger partial charge on any atom is 0.119 e. The number of benzene rings is 1. The molecule has 0 aliphatic carbocycles. The van der Waals surface area contributed by atoms with Crippen molar-refractivity contribution < 1.29 is 9.84 Å². The molecule has 0 saturated carbocycles. The summed E-state index contributed by atoms with van der Waals surface area (Å²) in [5.41, 5.74) is 7.19. The molecular formula is C12H19NO2. The summed E-state index contributed by atoms with van der Waals surface area (Å²) in [6.07, 6.45) is 1.16. The van der Waals surface area contributed by atoms with Crippen molar-refractivity contribution in [1.82, 2.24) is 0 Å². The SMILES string of the molecule is CCCC(O)c1cc(OCC)ccc1N. The van der Waals surface area contributed by atoms with Crippen LogP contribution in [0.25, 0.3) is 0 Å². The lowest BCUT2D eigenvalue weighted by Crippen LogP contribution is -2.03. The molecular weight excluding hydrogens is 190 g/mol. The van der Waals surface area contributed by atoms with Crippen LogP contribution >= 0.6 is 0 Å². The Bertz CT molecular complexity index is 312. The van der Waals surface area contributed by atoms with E-state index in [0.29, 0.717) is 12.3 Å². The lowest BCUT2D eigenvalue weighted by Gasteiger charge is -2.14. The van der Waals surface area contributed by atoms with Gasteiger partial charge in [0.05, 0.1) is 12.7 Å². The predicted molar refractivity (Wildman–Crippen MR) is 61.9 cm³/mol. The Kier molecular flexibility index (Phi) is 4.43. The molecule has 1 atom stereocenters. The van der Waals surface area contributed by atoms with Crippen LogP contribution in [0.4, 0.5) is 5.69 Å². The largest absolute Gasteiger partial charge is 0.494 e. The van der Waals surface area contributed by atoms with Gasteiger partial charge in [-0.2, -0.15) is 0 Å². The van der Waals surface area contributed by atoms with Crippen molar-refractivity contribution in [2.45, 2.75) is 32.8 Å². The second-order valence-corrected chi connectivity index (χ2v) is 3.53. The van der Waals surface area contributed by atoms with Gasteiger partial charge in [0.15, 0.2) is 0 Å². The van der Waals surface area contributed by atoms with Gasteiger partial charge in [-0.15, -0.1) is 0 Å². The molecule has 1 unspecified atom stereocenters. The van der Waals surface area contributed by atoms with Crippen LogP contribution in [-0.4, -0.2) is 11.7 Å². The minimum atomic E-state index is -0.490. The zero-order valence-corrected chi connectivity index (χ0v) is 9.36. The van der Waals surface area contributed by atoms with Gasteiger partial charge in [-0.1, -0.05) is 13.3 Å². The first-order chi connectivity index (χ1) is 7.19. The summed E-state index contributed by atoms with van der Waals surface area (Å²) in [4.78, 5) is 0. The van der Waals surface area contributed by atoms with Crippen molar-refractivity contribution in [3.8, 4) is 5.75 Å². The number of ether oxygens (including phenoxy) is 1. The molecule has 84 valence electrons. The van der Waals surface area contributed by atoms with Crippen molar-refractivity contribution >= 4 is 5.69 Å². The lowest BCUT2D eigenvalue weighted by atomic mass is 10.0. The Balaban J connectivity index is 2.89. The molecule has 0 saturated heterocycles. The van der Waals surface area contributed by atoms with Crippen LogP contribution in [0.3, 0.4) is 0 Å². The van der Waals surface area contributed by atoms with Gasteiger partial charge in [0.25, 0.3) is 0 Å². The molecule has 1 aromatic carbocycles. The standard InChI is InChI=1S/C12H19NO2/c1-3-5-12(14)10-8-9(15-4-2)6-7-11(10)13/h6-8,12,14H,3-5,13H2,1-2H3. The fraction of sp³-hybridized carbons (Fsp3) is 0.500. The molecule has 0 heterocycles. The smallest absolute Gasteiger partial charge is 0.119 e. The molecule has 0 bridgehead atoms. The third-order valence-electron chi connectivity index (χ3n) is 2.29. The van der Waals surface area contributed by atoms with E-state index in [1.807, 2.05) is 26.0 Å². The normalized spacial score (nSPS) is 12.5. The maximum atomic E-state index is 9.86. The molecule has 0 aliphatic rings. The highest BCUT2D eigenvalue weighted by molar-refractivity contribution is 5.51. The molecule has 3 heteroatoms. The second kappa shape index (κ2) is 5.61. The molecule has 0 radical (unpaired) electrons. The molecule has 15 heavy (non-hydrogen) atoms. The summed E-state index contributed by atoms with van der Waals surface area (Å²) in [7, 11) is 0. The first-order valence-electron chi connectivity index (χ1n) is 5.39. The quantitative estimate of drug-likeness (QED) is 0.732. The van der Waals surface area contributed by atoms with Crippen LogP contribution in [0.1, 0.15) is 38.4 Å². The molecule has 1 rings (SSSR count). The highest BCUT2D eigenvalue weighted by atomic mass is 16.5. The van der Waals surface area contributed by atoms with Gasteiger partial charge in [0.1, 0.15) is 5.75 Å². The van der Waals surface area contributed by atoms with E-state index >= 15 is 0 Å². The highest BCUT2D eigenvalue weighted by Gasteiger charge is 2.11. The van der Waals surface area contributed by atoms with Gasteiger partial charge >= 0.3 is 0 Å². The van der Waals surface area contributed by atoms with E-state index in [2.05, 4.69) is 0 Å². The number of nitrogens with two attached hydrogens (primary N) is 1. The van der Waals surface area contributed by atoms with Gasteiger partial charge < -0.3 is 15.6 Å². The van der Waals surface area contributed by atoms with E-state index in [-0.39, 0.29) is 0 Å². The van der Waals surface area contributed by atoms with Gasteiger partial charge in [0, 0.05) is 11.3 Å². The molecule has 3 N–H and O–H groups in total. The Morgan fingerprint density at radius 3 is 2.73 bits per heavy atom. The Hall–Kier alpha value is -1.22. The first kappa shape index (κ1) is 11.9. The number of rotatable bonds is 5. The summed E-state index contributed by atoms with van der Waals surface area (Å²) < 4.78 is 5.36. The molecule has 0 aliphatic heterocycles.